The lowest BCUT2D eigenvalue weighted by atomic mass is 9.84. The van der Waals surface area contributed by atoms with Crippen LogP contribution in [-0.2, 0) is 12.0 Å². The number of benzene rings is 2. The lowest BCUT2D eigenvalue weighted by Crippen LogP contribution is -2.40. The van der Waals surface area contributed by atoms with Crippen LogP contribution in [0.3, 0.4) is 0 Å². The smallest absolute Gasteiger partial charge is 0.0466 e. The molecule has 0 aliphatic rings. The Bertz CT molecular complexity index is 475. The van der Waals surface area contributed by atoms with Gasteiger partial charge in [0.2, 0.25) is 0 Å². The van der Waals surface area contributed by atoms with Gasteiger partial charge in [0.25, 0.3) is 0 Å². The van der Waals surface area contributed by atoms with Crippen molar-refractivity contribution in [3.05, 3.63) is 71.8 Å². The van der Waals surface area contributed by atoms with E-state index in [-0.39, 0.29) is 5.54 Å². The normalized spacial score (nSPS) is 14.4. The lowest BCUT2D eigenvalue weighted by Gasteiger charge is -2.37. The van der Waals surface area contributed by atoms with E-state index in [1.54, 1.807) is 0 Å². The first-order chi connectivity index (χ1) is 8.63. The van der Waals surface area contributed by atoms with E-state index in [0.717, 1.165) is 6.42 Å². The molecule has 0 N–H and O–H groups in total. The van der Waals surface area contributed by atoms with Crippen LogP contribution in [0.15, 0.2) is 60.7 Å². The largest absolute Gasteiger partial charge is 0.300 e. The maximum Gasteiger partial charge on any atom is 0.0466 e. The van der Waals surface area contributed by atoms with Gasteiger partial charge in [-0.3, -0.25) is 4.90 Å². The van der Waals surface area contributed by atoms with Crippen LogP contribution in [0.2, 0.25) is 0 Å². The molecule has 0 bridgehead atoms. The zero-order chi connectivity index (χ0) is 13.0. The minimum atomic E-state index is 0.0304. The summed E-state index contributed by atoms with van der Waals surface area (Å²) >= 11 is 0. The van der Waals surface area contributed by atoms with Crippen molar-refractivity contribution in [1.82, 2.24) is 4.90 Å². The molecule has 1 atom stereocenters. The summed E-state index contributed by atoms with van der Waals surface area (Å²) in [7, 11) is 4.30. The monoisotopic (exact) mass is 239 g/mol. The third-order valence-corrected chi connectivity index (χ3v) is 3.77. The van der Waals surface area contributed by atoms with Crippen molar-refractivity contribution in [1.29, 1.82) is 0 Å². The Kier molecular flexibility index (Phi) is 3.83. The van der Waals surface area contributed by atoms with Gasteiger partial charge in [0, 0.05) is 5.54 Å². The third kappa shape index (κ3) is 2.62. The molecule has 0 heterocycles. The Morgan fingerprint density at radius 3 is 1.83 bits per heavy atom. The molecule has 1 heteroatoms. The molecule has 0 saturated carbocycles. The number of rotatable bonds is 4. The highest BCUT2D eigenvalue weighted by Gasteiger charge is 2.28. The summed E-state index contributed by atoms with van der Waals surface area (Å²) in [5.74, 6) is 0. The van der Waals surface area contributed by atoms with E-state index in [0.29, 0.717) is 0 Å². The summed E-state index contributed by atoms with van der Waals surface area (Å²) in [6.45, 7) is 2.30. The lowest BCUT2D eigenvalue weighted by molar-refractivity contribution is 0.173. The van der Waals surface area contributed by atoms with Gasteiger partial charge in [-0.1, -0.05) is 60.7 Å². The molecule has 2 rings (SSSR count). The Morgan fingerprint density at radius 2 is 1.33 bits per heavy atom. The topological polar surface area (TPSA) is 3.24 Å². The van der Waals surface area contributed by atoms with Crippen molar-refractivity contribution in [3.8, 4) is 0 Å². The minimum absolute atomic E-state index is 0.0304. The number of likely N-dealkylation sites (N-methyl/N-ethyl adjacent to an activating group) is 1. The fourth-order valence-corrected chi connectivity index (χ4v) is 2.31. The van der Waals surface area contributed by atoms with Gasteiger partial charge in [-0.2, -0.15) is 0 Å². The Hall–Kier alpha value is -1.60. The molecule has 0 aliphatic carbocycles. The second-order valence-electron chi connectivity index (χ2n) is 5.20. The molecule has 0 spiro atoms. The maximum atomic E-state index is 2.30. The van der Waals surface area contributed by atoms with Gasteiger partial charge >= 0.3 is 0 Å². The molecule has 0 radical (unpaired) electrons. The number of hydrogen-bond donors (Lipinski definition) is 0. The van der Waals surface area contributed by atoms with Crippen LogP contribution in [0.4, 0.5) is 0 Å². The van der Waals surface area contributed by atoms with Gasteiger partial charge in [-0.25, -0.2) is 0 Å². The zero-order valence-corrected chi connectivity index (χ0v) is 11.4. The number of nitrogens with zero attached hydrogens (tertiary/aromatic N) is 1. The van der Waals surface area contributed by atoms with Gasteiger partial charge in [0.15, 0.2) is 0 Å². The van der Waals surface area contributed by atoms with E-state index >= 15 is 0 Å². The van der Waals surface area contributed by atoms with Crippen LogP contribution < -0.4 is 0 Å². The van der Waals surface area contributed by atoms with Gasteiger partial charge < -0.3 is 0 Å². The average molecular weight is 239 g/mol. The van der Waals surface area contributed by atoms with Gasteiger partial charge in [0.1, 0.15) is 0 Å². The fourth-order valence-electron chi connectivity index (χ4n) is 2.31. The fraction of sp³-hybridized carbons (Fsp3) is 0.294. The van der Waals surface area contributed by atoms with Gasteiger partial charge in [0.05, 0.1) is 0 Å². The molecular weight excluding hydrogens is 218 g/mol. The quantitative estimate of drug-likeness (QED) is 0.786. The maximum absolute atomic E-state index is 2.30. The first-order valence-electron chi connectivity index (χ1n) is 6.40. The summed E-state index contributed by atoms with van der Waals surface area (Å²) in [6, 6.07) is 21.4. The van der Waals surface area contributed by atoms with Crippen LogP contribution in [0, 0.1) is 0 Å². The van der Waals surface area contributed by atoms with E-state index < -0.39 is 0 Å². The SMILES string of the molecule is CN(C)C(C)(Cc1ccccc1)c1ccccc1. The zero-order valence-electron chi connectivity index (χ0n) is 11.4. The van der Waals surface area contributed by atoms with Crippen LogP contribution in [0.5, 0.6) is 0 Å². The second kappa shape index (κ2) is 5.36. The Balaban J connectivity index is 2.34. The third-order valence-electron chi connectivity index (χ3n) is 3.77. The standard InChI is InChI=1S/C17H21N/c1-17(18(2)3,16-12-8-5-9-13-16)14-15-10-6-4-7-11-15/h4-13H,14H2,1-3H3. The van der Waals surface area contributed by atoms with E-state index in [1.165, 1.54) is 11.1 Å². The van der Waals surface area contributed by atoms with Crippen LogP contribution >= 0.6 is 0 Å². The molecule has 1 unspecified atom stereocenters. The molecule has 18 heavy (non-hydrogen) atoms. The van der Waals surface area contributed by atoms with Crippen molar-refractivity contribution >= 4 is 0 Å². The molecule has 0 saturated heterocycles. The molecule has 0 aromatic heterocycles. The van der Waals surface area contributed by atoms with Crippen molar-refractivity contribution in [2.24, 2.45) is 0 Å². The van der Waals surface area contributed by atoms with Crippen LogP contribution in [0.1, 0.15) is 18.1 Å². The summed E-state index contributed by atoms with van der Waals surface area (Å²) < 4.78 is 0. The van der Waals surface area contributed by atoms with Gasteiger partial charge in [-0.05, 0) is 38.6 Å². The summed E-state index contributed by atoms with van der Waals surface area (Å²) in [6.07, 6.45) is 1.02. The first-order valence-corrected chi connectivity index (χ1v) is 6.40. The second-order valence-corrected chi connectivity index (χ2v) is 5.20. The summed E-state index contributed by atoms with van der Waals surface area (Å²) in [5.41, 5.74) is 2.76. The van der Waals surface area contributed by atoms with Crippen LogP contribution in [-0.4, -0.2) is 19.0 Å². The molecule has 94 valence electrons. The molecule has 1 nitrogen and oxygen atoms in total. The molecule has 0 amide bonds. The molecule has 2 aromatic carbocycles. The predicted octanol–water partition coefficient (Wildman–Crippen LogP) is 3.71. The van der Waals surface area contributed by atoms with E-state index in [9.17, 15) is 0 Å². The van der Waals surface area contributed by atoms with E-state index in [1.807, 2.05) is 0 Å². The van der Waals surface area contributed by atoms with E-state index in [4.69, 9.17) is 0 Å². The highest BCUT2D eigenvalue weighted by atomic mass is 15.1. The van der Waals surface area contributed by atoms with Crippen LogP contribution in [0.25, 0.3) is 0 Å². The molecule has 0 fully saturated rings. The highest BCUT2D eigenvalue weighted by Crippen LogP contribution is 2.29. The van der Waals surface area contributed by atoms with Crippen molar-refractivity contribution in [3.63, 3.8) is 0 Å². The van der Waals surface area contributed by atoms with Crippen molar-refractivity contribution in [2.75, 3.05) is 14.1 Å². The van der Waals surface area contributed by atoms with Gasteiger partial charge in [-0.15, -0.1) is 0 Å². The number of hydrogen-bond acceptors (Lipinski definition) is 1. The molecular formula is C17H21N. The van der Waals surface area contributed by atoms with E-state index in [2.05, 4.69) is 86.6 Å². The summed E-state index contributed by atoms with van der Waals surface area (Å²) in [5, 5.41) is 0. The highest BCUT2D eigenvalue weighted by molar-refractivity contribution is 5.28. The summed E-state index contributed by atoms with van der Waals surface area (Å²) in [4.78, 5) is 2.30. The minimum Gasteiger partial charge on any atom is -0.300 e. The average Bonchev–Trinajstić information content (AvgIpc) is 2.40. The Morgan fingerprint density at radius 1 is 0.833 bits per heavy atom. The van der Waals surface area contributed by atoms with Crippen molar-refractivity contribution in [2.45, 2.75) is 18.9 Å². The Labute approximate surface area is 110 Å². The molecule has 2 aromatic rings. The predicted molar refractivity (Wildman–Crippen MR) is 77.6 cm³/mol. The van der Waals surface area contributed by atoms with Crippen molar-refractivity contribution < 1.29 is 0 Å². The first kappa shape index (κ1) is 12.8. The molecule has 0 aliphatic heterocycles.